The number of fused-ring (bicyclic) bond motifs is 1. The molecular weight excluding hydrogens is 282 g/mol. The quantitative estimate of drug-likeness (QED) is 0.855. The third kappa shape index (κ3) is 2.27. The molecule has 0 aliphatic heterocycles. The minimum Gasteiger partial charge on any atom is -0.392 e. The summed E-state index contributed by atoms with van der Waals surface area (Å²) in [6.45, 7) is 2.10. The second kappa shape index (κ2) is 5.07. The van der Waals surface area contributed by atoms with Gasteiger partial charge < -0.3 is 11.1 Å². The number of para-hydroxylation sites is 1. The number of thiocarbonyl (C=S) groups is 1. The van der Waals surface area contributed by atoms with Crippen LogP contribution in [-0.4, -0.2) is 15.9 Å². The molecule has 1 heterocycles. The molecule has 1 aliphatic rings. The molecule has 2 aromatic rings. The van der Waals surface area contributed by atoms with E-state index in [4.69, 9.17) is 18.0 Å². The number of aromatic nitrogens is 1. The Balaban J connectivity index is 1.92. The predicted octanol–water partition coefficient (Wildman–Crippen LogP) is 2.88. The Labute approximate surface area is 128 Å². The summed E-state index contributed by atoms with van der Waals surface area (Å²) in [6, 6.07) is 9.55. The van der Waals surface area contributed by atoms with Crippen LogP contribution in [0.2, 0.25) is 0 Å². The Morgan fingerprint density at radius 3 is 2.76 bits per heavy atom. The van der Waals surface area contributed by atoms with E-state index in [9.17, 15) is 4.79 Å². The van der Waals surface area contributed by atoms with Gasteiger partial charge in [-0.2, -0.15) is 0 Å². The first kappa shape index (κ1) is 13.9. The van der Waals surface area contributed by atoms with Gasteiger partial charge in [0.25, 0.3) is 0 Å². The van der Waals surface area contributed by atoms with Crippen molar-refractivity contribution in [2.24, 2.45) is 17.1 Å². The van der Waals surface area contributed by atoms with Crippen LogP contribution in [0.15, 0.2) is 36.5 Å². The smallest absolute Gasteiger partial charge is 0.237 e. The molecule has 1 aromatic heterocycles. The summed E-state index contributed by atoms with van der Waals surface area (Å²) >= 11 is 5.12. The molecule has 0 bridgehead atoms. The van der Waals surface area contributed by atoms with Gasteiger partial charge in [0.1, 0.15) is 0 Å². The number of hydrogen-bond acceptors (Lipinski definition) is 3. The Morgan fingerprint density at radius 2 is 2.10 bits per heavy atom. The number of nitrogens with one attached hydrogen (secondary N) is 1. The van der Waals surface area contributed by atoms with Crippen molar-refractivity contribution in [3.8, 4) is 0 Å². The average molecular weight is 299 g/mol. The fourth-order valence-corrected chi connectivity index (χ4v) is 3.33. The molecule has 0 atom stereocenters. The molecule has 0 saturated heterocycles. The van der Waals surface area contributed by atoms with Crippen LogP contribution in [-0.2, 0) is 4.79 Å². The van der Waals surface area contributed by atoms with Gasteiger partial charge in [-0.15, -0.1) is 0 Å². The topological polar surface area (TPSA) is 68.0 Å². The number of rotatable bonds is 3. The number of nitrogens with two attached hydrogens (primary N) is 1. The molecule has 0 unspecified atom stereocenters. The first-order valence-electron chi connectivity index (χ1n) is 6.98. The minimum atomic E-state index is -0.703. The summed E-state index contributed by atoms with van der Waals surface area (Å²) in [4.78, 5) is 17.3. The van der Waals surface area contributed by atoms with Crippen molar-refractivity contribution in [2.75, 3.05) is 5.32 Å². The maximum Gasteiger partial charge on any atom is 0.237 e. The maximum atomic E-state index is 12.6. The molecule has 3 N–H and O–H groups in total. The second-order valence-electron chi connectivity index (χ2n) is 5.79. The van der Waals surface area contributed by atoms with Crippen molar-refractivity contribution < 1.29 is 4.79 Å². The Bertz CT molecular complexity index is 717. The Kier molecular flexibility index (Phi) is 3.37. The standard InChI is InChI=1S/C16H17N3OS/c1-10-8-16(9-10,14(17)21)15(20)19-12-6-2-4-11-5-3-7-18-13(11)12/h2-7,10H,8-9H2,1H3,(H2,17,21)(H,19,20). The number of anilines is 1. The lowest BCUT2D eigenvalue weighted by Gasteiger charge is -2.44. The first-order valence-corrected chi connectivity index (χ1v) is 7.39. The zero-order valence-corrected chi connectivity index (χ0v) is 12.6. The van der Waals surface area contributed by atoms with E-state index in [2.05, 4.69) is 17.2 Å². The van der Waals surface area contributed by atoms with Gasteiger partial charge in [0.2, 0.25) is 5.91 Å². The van der Waals surface area contributed by atoms with Crippen molar-refractivity contribution >= 4 is 39.7 Å². The third-order valence-electron chi connectivity index (χ3n) is 4.18. The largest absolute Gasteiger partial charge is 0.392 e. The molecule has 5 heteroatoms. The molecule has 21 heavy (non-hydrogen) atoms. The second-order valence-corrected chi connectivity index (χ2v) is 6.23. The van der Waals surface area contributed by atoms with E-state index in [1.165, 1.54) is 0 Å². The normalized spacial score (nSPS) is 24.3. The molecule has 108 valence electrons. The fraction of sp³-hybridized carbons (Fsp3) is 0.312. The van der Waals surface area contributed by atoms with E-state index < -0.39 is 5.41 Å². The first-order chi connectivity index (χ1) is 10.0. The van der Waals surface area contributed by atoms with Gasteiger partial charge in [0.05, 0.1) is 21.6 Å². The van der Waals surface area contributed by atoms with E-state index >= 15 is 0 Å². The van der Waals surface area contributed by atoms with Crippen LogP contribution < -0.4 is 11.1 Å². The fourth-order valence-electron chi connectivity index (χ4n) is 3.08. The van der Waals surface area contributed by atoms with Crippen molar-refractivity contribution in [2.45, 2.75) is 19.8 Å². The average Bonchev–Trinajstić information content (AvgIpc) is 2.43. The zero-order chi connectivity index (χ0) is 15.0. The Hall–Kier alpha value is -2.01. The number of amides is 1. The van der Waals surface area contributed by atoms with Crippen LogP contribution in [0.4, 0.5) is 5.69 Å². The number of carbonyl (C=O) groups is 1. The molecule has 4 nitrogen and oxygen atoms in total. The van der Waals surface area contributed by atoms with Crippen molar-refractivity contribution in [1.29, 1.82) is 0 Å². The highest BCUT2D eigenvalue weighted by molar-refractivity contribution is 7.80. The lowest BCUT2D eigenvalue weighted by atomic mass is 9.62. The molecule has 1 aromatic carbocycles. The summed E-state index contributed by atoms with van der Waals surface area (Å²) in [6.07, 6.45) is 3.14. The van der Waals surface area contributed by atoms with Crippen LogP contribution in [0, 0.1) is 11.3 Å². The van der Waals surface area contributed by atoms with E-state index in [0.29, 0.717) is 24.4 Å². The molecule has 0 radical (unpaired) electrons. The van der Waals surface area contributed by atoms with Crippen LogP contribution >= 0.6 is 12.2 Å². The molecule has 3 rings (SSSR count). The van der Waals surface area contributed by atoms with E-state index in [1.54, 1.807) is 6.20 Å². The molecule has 1 fully saturated rings. The van der Waals surface area contributed by atoms with Crippen molar-refractivity contribution in [3.05, 3.63) is 36.5 Å². The summed E-state index contributed by atoms with van der Waals surface area (Å²) in [5.74, 6) is 0.356. The van der Waals surface area contributed by atoms with Crippen molar-refractivity contribution in [3.63, 3.8) is 0 Å². The van der Waals surface area contributed by atoms with E-state index in [0.717, 1.165) is 10.9 Å². The van der Waals surface area contributed by atoms with Gasteiger partial charge in [-0.3, -0.25) is 9.78 Å². The molecular formula is C16H17N3OS. The van der Waals surface area contributed by atoms with Gasteiger partial charge in [-0.1, -0.05) is 37.3 Å². The number of carbonyl (C=O) groups excluding carboxylic acids is 1. The van der Waals surface area contributed by atoms with Gasteiger partial charge in [0.15, 0.2) is 0 Å². The summed E-state index contributed by atoms with van der Waals surface area (Å²) in [7, 11) is 0. The third-order valence-corrected chi connectivity index (χ3v) is 4.57. The molecule has 1 saturated carbocycles. The van der Waals surface area contributed by atoms with Gasteiger partial charge in [-0.05, 0) is 30.9 Å². The lowest BCUT2D eigenvalue weighted by molar-refractivity contribution is -0.127. The summed E-state index contributed by atoms with van der Waals surface area (Å²) in [5, 5.41) is 3.95. The highest BCUT2D eigenvalue weighted by Gasteiger charge is 2.50. The molecule has 0 spiro atoms. The van der Waals surface area contributed by atoms with Gasteiger partial charge in [0, 0.05) is 11.6 Å². The van der Waals surface area contributed by atoms with Crippen LogP contribution in [0.5, 0.6) is 0 Å². The van der Waals surface area contributed by atoms with Gasteiger partial charge >= 0.3 is 0 Å². The van der Waals surface area contributed by atoms with Gasteiger partial charge in [-0.25, -0.2) is 0 Å². The zero-order valence-electron chi connectivity index (χ0n) is 11.8. The SMILES string of the molecule is CC1CC(C(=O)Nc2cccc3cccnc23)(C(N)=S)C1. The lowest BCUT2D eigenvalue weighted by Crippen LogP contribution is -2.53. The van der Waals surface area contributed by atoms with Crippen LogP contribution in [0.3, 0.4) is 0 Å². The van der Waals surface area contributed by atoms with E-state index in [1.807, 2.05) is 30.3 Å². The predicted molar refractivity (Wildman–Crippen MR) is 88.0 cm³/mol. The molecule has 1 aliphatic carbocycles. The number of pyridine rings is 1. The number of nitrogens with zero attached hydrogens (tertiary/aromatic N) is 1. The number of hydrogen-bond donors (Lipinski definition) is 2. The number of benzene rings is 1. The van der Waals surface area contributed by atoms with Crippen molar-refractivity contribution in [1.82, 2.24) is 4.98 Å². The highest BCUT2D eigenvalue weighted by atomic mass is 32.1. The molecule has 1 amide bonds. The monoisotopic (exact) mass is 299 g/mol. The minimum absolute atomic E-state index is 0.119. The van der Waals surface area contributed by atoms with E-state index in [-0.39, 0.29) is 10.9 Å². The maximum absolute atomic E-state index is 12.6. The Morgan fingerprint density at radius 1 is 1.38 bits per heavy atom. The van der Waals surface area contributed by atoms with Crippen LogP contribution in [0.1, 0.15) is 19.8 Å². The summed E-state index contributed by atoms with van der Waals surface area (Å²) < 4.78 is 0. The van der Waals surface area contributed by atoms with Crippen LogP contribution in [0.25, 0.3) is 10.9 Å². The highest BCUT2D eigenvalue weighted by Crippen LogP contribution is 2.46. The summed E-state index contributed by atoms with van der Waals surface area (Å²) in [5.41, 5.74) is 6.59.